The molecule has 0 amide bonds. The topological polar surface area (TPSA) is 153 Å². The lowest BCUT2D eigenvalue weighted by Crippen LogP contribution is -2.12. The van der Waals surface area contributed by atoms with E-state index < -0.39 is 0 Å². The summed E-state index contributed by atoms with van der Waals surface area (Å²) in [6.45, 7) is 1.12. The number of anilines is 1. The van der Waals surface area contributed by atoms with Crippen molar-refractivity contribution in [3.63, 3.8) is 0 Å². The van der Waals surface area contributed by atoms with Crippen molar-refractivity contribution >= 4 is 94.9 Å². The van der Waals surface area contributed by atoms with Gasteiger partial charge in [0.1, 0.15) is 38.6 Å². The Kier molecular flexibility index (Phi) is 5.70. The number of hydrogen-bond acceptors (Lipinski definition) is 12. The fourth-order valence-corrected chi connectivity index (χ4v) is 6.40. The molecule has 12 nitrogen and oxygen atoms in total. The van der Waals surface area contributed by atoms with Gasteiger partial charge in [0.05, 0.1) is 62.9 Å². The number of aromatic nitrogens is 10. The first kappa shape index (κ1) is 26.4. The zero-order valence-corrected chi connectivity index (χ0v) is 25.1. The summed E-state index contributed by atoms with van der Waals surface area (Å²) in [6, 6.07) is 13.4. The Hall–Kier alpha value is -6.82. The molecule has 10 rings (SSSR count). The fourth-order valence-electron chi connectivity index (χ4n) is 6.40. The molecule has 226 valence electrons. The van der Waals surface area contributed by atoms with Crippen LogP contribution in [0.2, 0.25) is 0 Å². The Labute approximate surface area is 270 Å². The maximum Gasteiger partial charge on any atom is 0.120 e. The molecule has 2 N–H and O–H groups in total. The van der Waals surface area contributed by atoms with E-state index in [0.717, 1.165) is 27.8 Å². The van der Waals surface area contributed by atoms with Crippen LogP contribution in [0.5, 0.6) is 0 Å². The molecular formula is C36H22N12. The minimum atomic E-state index is 0.484. The normalized spacial score (nSPS) is 13.4. The zero-order chi connectivity index (χ0) is 31.6. The van der Waals surface area contributed by atoms with E-state index in [4.69, 9.17) is 44.9 Å². The summed E-state index contributed by atoms with van der Waals surface area (Å²) >= 11 is 0. The lowest BCUT2D eigenvalue weighted by atomic mass is 10.1. The van der Waals surface area contributed by atoms with Crippen LogP contribution >= 0.6 is 0 Å². The Morgan fingerprint density at radius 1 is 0.542 bits per heavy atom. The van der Waals surface area contributed by atoms with E-state index in [1.54, 1.807) is 31.0 Å². The second kappa shape index (κ2) is 10.4. The van der Waals surface area contributed by atoms with Gasteiger partial charge >= 0.3 is 0 Å². The monoisotopic (exact) mass is 622 g/mol. The van der Waals surface area contributed by atoms with Crippen molar-refractivity contribution in [3.8, 4) is 0 Å². The van der Waals surface area contributed by atoms with E-state index >= 15 is 0 Å². The second-order valence-electron chi connectivity index (χ2n) is 11.4. The van der Waals surface area contributed by atoms with Crippen molar-refractivity contribution in [1.29, 1.82) is 0 Å². The third-order valence-electron chi connectivity index (χ3n) is 8.54. The number of hydrogen-bond donors (Lipinski definition) is 2. The molecule has 9 heterocycles. The van der Waals surface area contributed by atoms with Crippen LogP contribution in [0.1, 0.15) is 17.0 Å². The van der Waals surface area contributed by atoms with Crippen LogP contribution in [-0.2, 0) is 6.54 Å². The molecule has 0 spiro atoms. The molecule has 8 aromatic rings. The van der Waals surface area contributed by atoms with E-state index in [-0.39, 0.29) is 0 Å². The first-order valence-corrected chi connectivity index (χ1v) is 15.4. The van der Waals surface area contributed by atoms with Gasteiger partial charge in [0, 0.05) is 42.3 Å². The molecule has 7 aromatic heterocycles. The fraction of sp³-hybridized carbons (Fsp3) is 0.0556. The van der Waals surface area contributed by atoms with Gasteiger partial charge in [0.25, 0.3) is 0 Å². The van der Waals surface area contributed by atoms with Gasteiger partial charge in [-0.05, 0) is 60.8 Å². The highest BCUT2D eigenvalue weighted by molar-refractivity contribution is 6.20. The number of benzene rings is 1. The van der Waals surface area contributed by atoms with Crippen molar-refractivity contribution in [2.75, 3.05) is 11.9 Å². The molecule has 0 atom stereocenters. The van der Waals surface area contributed by atoms with E-state index in [1.807, 2.05) is 66.9 Å². The minimum absolute atomic E-state index is 0.484. The molecule has 0 saturated heterocycles. The molecule has 1 aromatic carbocycles. The highest BCUT2D eigenvalue weighted by Crippen LogP contribution is 2.34. The number of rotatable bonds is 0. The van der Waals surface area contributed by atoms with Crippen molar-refractivity contribution in [1.82, 2.24) is 55.2 Å². The quantitative estimate of drug-likeness (QED) is 0.207. The van der Waals surface area contributed by atoms with Crippen LogP contribution in [0, 0.1) is 0 Å². The highest BCUT2D eigenvalue weighted by Gasteiger charge is 2.20. The van der Waals surface area contributed by atoms with Crippen LogP contribution in [0.3, 0.4) is 0 Å². The molecule has 0 aliphatic carbocycles. The van der Waals surface area contributed by atoms with Crippen LogP contribution in [0.4, 0.5) is 5.69 Å². The van der Waals surface area contributed by atoms with Gasteiger partial charge in [0.15, 0.2) is 0 Å². The molecule has 0 unspecified atom stereocenters. The van der Waals surface area contributed by atoms with Crippen molar-refractivity contribution < 1.29 is 0 Å². The van der Waals surface area contributed by atoms with Gasteiger partial charge in [-0.1, -0.05) is 6.08 Å². The highest BCUT2D eigenvalue weighted by atomic mass is 15.0. The lowest BCUT2D eigenvalue weighted by molar-refractivity contribution is 0.832. The summed E-state index contributed by atoms with van der Waals surface area (Å²) in [6.07, 6.45) is 16.7. The average molecular weight is 623 g/mol. The lowest BCUT2D eigenvalue weighted by Gasteiger charge is -2.15. The second-order valence-corrected chi connectivity index (χ2v) is 11.4. The average Bonchev–Trinajstić information content (AvgIpc) is 3.11. The van der Waals surface area contributed by atoms with Crippen molar-refractivity contribution in [2.45, 2.75) is 6.54 Å². The Balaban J connectivity index is 1.59. The summed E-state index contributed by atoms with van der Waals surface area (Å²) in [7, 11) is 0. The minimum Gasteiger partial charge on any atom is -0.385 e. The van der Waals surface area contributed by atoms with Crippen molar-refractivity contribution in [3.05, 3.63) is 103 Å². The number of nitrogens with one attached hydrogen (secondary N) is 2. The van der Waals surface area contributed by atoms with Crippen LogP contribution in [-0.4, -0.2) is 56.4 Å². The Morgan fingerprint density at radius 2 is 1.17 bits per heavy atom. The number of nitrogens with zero attached hydrogens (tertiary/aromatic N) is 10. The van der Waals surface area contributed by atoms with Gasteiger partial charge in [-0.15, -0.1) is 0 Å². The smallest absolute Gasteiger partial charge is 0.120 e. The largest absolute Gasteiger partial charge is 0.385 e. The Bertz CT molecular complexity index is 2870. The summed E-state index contributed by atoms with van der Waals surface area (Å²) in [4.78, 5) is 50.3. The third-order valence-corrected chi connectivity index (χ3v) is 8.54. The predicted octanol–water partition coefficient (Wildman–Crippen LogP) is 5.91. The molecular weight excluding hydrogens is 600 g/mol. The van der Waals surface area contributed by atoms with E-state index in [1.165, 1.54) is 0 Å². The first-order valence-electron chi connectivity index (χ1n) is 15.4. The SMILES string of the molecule is C1=Cc2nc3c4nc5cccnc5c5c(nc4c4nc6cnccc6c6ncccc6nc4c3nc3cccnc3c2NC1)CNC=C5. The molecule has 0 bridgehead atoms. The molecule has 2 aliphatic heterocycles. The molecule has 0 fully saturated rings. The molecule has 12 heteroatoms. The van der Waals surface area contributed by atoms with Crippen LogP contribution in [0.15, 0.2) is 85.7 Å². The summed E-state index contributed by atoms with van der Waals surface area (Å²) < 4.78 is 0. The van der Waals surface area contributed by atoms with Gasteiger partial charge in [-0.25, -0.2) is 29.9 Å². The van der Waals surface area contributed by atoms with E-state index in [2.05, 4.69) is 15.6 Å². The van der Waals surface area contributed by atoms with Gasteiger partial charge in [-0.3, -0.25) is 19.9 Å². The van der Waals surface area contributed by atoms with Gasteiger partial charge < -0.3 is 10.6 Å². The number of fused-ring (bicyclic) bond motifs is 15. The van der Waals surface area contributed by atoms with Gasteiger partial charge in [-0.2, -0.15) is 0 Å². The predicted molar refractivity (Wildman–Crippen MR) is 187 cm³/mol. The molecule has 2 aliphatic rings. The summed E-state index contributed by atoms with van der Waals surface area (Å²) in [5.41, 5.74) is 10.9. The Morgan fingerprint density at radius 3 is 1.94 bits per heavy atom. The third kappa shape index (κ3) is 4.02. The van der Waals surface area contributed by atoms with Crippen molar-refractivity contribution in [2.24, 2.45) is 0 Å². The molecule has 0 radical (unpaired) electrons. The first-order chi connectivity index (χ1) is 23.8. The summed E-state index contributed by atoms with van der Waals surface area (Å²) in [5, 5.41) is 7.59. The van der Waals surface area contributed by atoms with Crippen LogP contribution < -0.4 is 10.6 Å². The zero-order valence-electron chi connectivity index (χ0n) is 25.1. The van der Waals surface area contributed by atoms with Crippen LogP contribution in [0.25, 0.3) is 89.3 Å². The molecule has 0 saturated carbocycles. The van der Waals surface area contributed by atoms with E-state index in [9.17, 15) is 0 Å². The number of pyridine rings is 4. The standard InChI is InChI=1S/C36H22N12/c1-5-21-27(39-11-1)19-9-15-37-17-25(19)47-35-33(43-21)31-32(46-24-8-4-14-42-30(24)29-23(45-31)7-3-13-41-29)34-36(35)48-26-18-38-16-10-20(26)28-22(44-34)6-2-12-40-28/h1-13,15-17,38,42H,14,18H2. The van der Waals surface area contributed by atoms with E-state index in [0.29, 0.717) is 85.0 Å². The maximum absolute atomic E-state index is 5.32. The summed E-state index contributed by atoms with van der Waals surface area (Å²) in [5.74, 6) is 0. The van der Waals surface area contributed by atoms with Gasteiger partial charge in [0.2, 0.25) is 0 Å². The maximum atomic E-state index is 5.32. The molecule has 48 heavy (non-hydrogen) atoms.